The second kappa shape index (κ2) is 6.13. The Morgan fingerprint density at radius 2 is 1.84 bits per heavy atom. The molecule has 4 atom stereocenters. The predicted molar refractivity (Wildman–Crippen MR) is 83.5 cm³/mol. The Morgan fingerprint density at radius 1 is 1.11 bits per heavy atom. The lowest BCUT2D eigenvalue weighted by atomic mass is 9.76. The molecule has 2 aliphatic carbocycles. The van der Waals surface area contributed by atoms with E-state index in [1.807, 2.05) is 0 Å². The fourth-order valence-electron chi connectivity index (χ4n) is 3.81. The largest absolute Gasteiger partial charge is 0.312 e. The van der Waals surface area contributed by atoms with E-state index < -0.39 is 0 Å². The molecular formula is C17H34N2. The molecule has 2 fully saturated rings. The molecule has 2 aliphatic rings. The zero-order valence-corrected chi connectivity index (χ0v) is 13.7. The third-order valence-corrected chi connectivity index (χ3v) is 5.28. The molecule has 0 bridgehead atoms. The van der Waals surface area contributed by atoms with Gasteiger partial charge in [-0.15, -0.1) is 0 Å². The minimum absolute atomic E-state index is 0.262. The first kappa shape index (κ1) is 15.3. The molecule has 0 aromatic heterocycles. The second-order valence-corrected chi connectivity index (χ2v) is 8.13. The van der Waals surface area contributed by atoms with Crippen LogP contribution in [0.4, 0.5) is 0 Å². The molecule has 19 heavy (non-hydrogen) atoms. The molecule has 2 nitrogen and oxygen atoms in total. The SMILES string of the molecule is CC1CCCC(N(C)C2CCC2CNC(C)(C)C)C1. The molecule has 112 valence electrons. The van der Waals surface area contributed by atoms with Crippen LogP contribution in [-0.4, -0.2) is 36.1 Å². The molecule has 0 amide bonds. The highest BCUT2D eigenvalue weighted by Gasteiger charge is 2.37. The number of rotatable bonds is 4. The van der Waals surface area contributed by atoms with Gasteiger partial charge in [0, 0.05) is 17.6 Å². The van der Waals surface area contributed by atoms with E-state index in [1.165, 1.54) is 45.1 Å². The van der Waals surface area contributed by atoms with Crippen molar-refractivity contribution in [3.8, 4) is 0 Å². The van der Waals surface area contributed by atoms with Crippen molar-refractivity contribution in [1.82, 2.24) is 10.2 Å². The average Bonchev–Trinajstić information content (AvgIpc) is 2.26. The van der Waals surface area contributed by atoms with E-state index in [1.54, 1.807) is 0 Å². The summed E-state index contributed by atoms with van der Waals surface area (Å²) in [7, 11) is 2.39. The molecule has 0 heterocycles. The Hall–Kier alpha value is -0.0800. The van der Waals surface area contributed by atoms with Crippen molar-refractivity contribution in [3.63, 3.8) is 0 Å². The molecule has 0 aliphatic heterocycles. The van der Waals surface area contributed by atoms with Crippen LogP contribution in [0.5, 0.6) is 0 Å². The lowest BCUT2D eigenvalue weighted by Gasteiger charge is -2.48. The quantitative estimate of drug-likeness (QED) is 0.835. The first-order valence-electron chi connectivity index (χ1n) is 8.34. The van der Waals surface area contributed by atoms with Gasteiger partial charge in [0.1, 0.15) is 0 Å². The van der Waals surface area contributed by atoms with Crippen molar-refractivity contribution in [2.45, 2.75) is 83.8 Å². The van der Waals surface area contributed by atoms with Gasteiger partial charge in [-0.1, -0.05) is 19.8 Å². The number of hydrogen-bond acceptors (Lipinski definition) is 2. The molecule has 0 aromatic rings. The lowest BCUT2D eigenvalue weighted by Crippen LogP contribution is -2.54. The highest BCUT2D eigenvalue weighted by molar-refractivity contribution is 4.93. The van der Waals surface area contributed by atoms with Gasteiger partial charge in [0.05, 0.1) is 0 Å². The maximum atomic E-state index is 3.69. The van der Waals surface area contributed by atoms with E-state index in [4.69, 9.17) is 0 Å². The Labute approximate surface area is 120 Å². The molecular weight excluding hydrogens is 232 g/mol. The second-order valence-electron chi connectivity index (χ2n) is 8.13. The highest BCUT2D eigenvalue weighted by Crippen LogP contribution is 2.36. The first-order chi connectivity index (χ1) is 8.87. The summed E-state index contributed by atoms with van der Waals surface area (Å²) in [5.41, 5.74) is 0.262. The van der Waals surface area contributed by atoms with Crippen molar-refractivity contribution >= 4 is 0 Å². The third kappa shape index (κ3) is 4.19. The summed E-state index contributed by atoms with van der Waals surface area (Å²) >= 11 is 0. The summed E-state index contributed by atoms with van der Waals surface area (Å²) in [5.74, 6) is 1.81. The summed E-state index contributed by atoms with van der Waals surface area (Å²) in [6.07, 6.45) is 8.57. The van der Waals surface area contributed by atoms with Gasteiger partial charge in [0.25, 0.3) is 0 Å². The van der Waals surface area contributed by atoms with Gasteiger partial charge in [0.2, 0.25) is 0 Å². The number of nitrogens with zero attached hydrogens (tertiary/aromatic N) is 1. The van der Waals surface area contributed by atoms with E-state index >= 15 is 0 Å². The van der Waals surface area contributed by atoms with Crippen molar-refractivity contribution in [2.24, 2.45) is 11.8 Å². The summed E-state index contributed by atoms with van der Waals surface area (Å²) < 4.78 is 0. The third-order valence-electron chi connectivity index (χ3n) is 5.28. The van der Waals surface area contributed by atoms with Gasteiger partial charge in [-0.3, -0.25) is 0 Å². The molecule has 0 aromatic carbocycles. The van der Waals surface area contributed by atoms with Crippen LogP contribution in [0.25, 0.3) is 0 Å². The fourth-order valence-corrected chi connectivity index (χ4v) is 3.81. The number of nitrogens with one attached hydrogen (secondary N) is 1. The van der Waals surface area contributed by atoms with E-state index in [0.717, 1.165) is 23.9 Å². The molecule has 0 saturated heterocycles. The molecule has 2 saturated carbocycles. The van der Waals surface area contributed by atoms with Crippen LogP contribution in [0.2, 0.25) is 0 Å². The van der Waals surface area contributed by atoms with E-state index in [2.05, 4.69) is 45.0 Å². The van der Waals surface area contributed by atoms with E-state index in [0.29, 0.717) is 0 Å². The molecule has 0 spiro atoms. The highest BCUT2D eigenvalue weighted by atomic mass is 15.2. The molecule has 2 rings (SSSR count). The van der Waals surface area contributed by atoms with Crippen molar-refractivity contribution < 1.29 is 0 Å². The Kier molecular flexibility index (Phi) is 4.94. The van der Waals surface area contributed by atoms with Gasteiger partial charge >= 0.3 is 0 Å². The first-order valence-corrected chi connectivity index (χ1v) is 8.34. The van der Waals surface area contributed by atoms with Gasteiger partial charge in [-0.05, 0) is 71.9 Å². The zero-order chi connectivity index (χ0) is 14.0. The maximum absolute atomic E-state index is 3.69. The average molecular weight is 266 g/mol. The van der Waals surface area contributed by atoms with Crippen molar-refractivity contribution in [3.05, 3.63) is 0 Å². The summed E-state index contributed by atoms with van der Waals surface area (Å²) in [5, 5.41) is 3.69. The van der Waals surface area contributed by atoms with Crippen LogP contribution in [0.1, 0.15) is 66.2 Å². The van der Waals surface area contributed by atoms with Gasteiger partial charge in [-0.25, -0.2) is 0 Å². The van der Waals surface area contributed by atoms with Gasteiger partial charge in [0.15, 0.2) is 0 Å². The molecule has 0 radical (unpaired) electrons. The van der Waals surface area contributed by atoms with Crippen molar-refractivity contribution in [1.29, 1.82) is 0 Å². The summed E-state index contributed by atoms with van der Waals surface area (Å²) in [4.78, 5) is 2.73. The fraction of sp³-hybridized carbons (Fsp3) is 1.00. The van der Waals surface area contributed by atoms with E-state index in [9.17, 15) is 0 Å². The molecule has 1 N–H and O–H groups in total. The van der Waals surface area contributed by atoms with Crippen LogP contribution >= 0.6 is 0 Å². The van der Waals surface area contributed by atoms with Crippen LogP contribution in [-0.2, 0) is 0 Å². The van der Waals surface area contributed by atoms with Crippen LogP contribution in [0.3, 0.4) is 0 Å². The van der Waals surface area contributed by atoms with Gasteiger partial charge < -0.3 is 10.2 Å². The lowest BCUT2D eigenvalue weighted by molar-refractivity contribution is 0.0264. The minimum Gasteiger partial charge on any atom is -0.312 e. The van der Waals surface area contributed by atoms with Crippen LogP contribution < -0.4 is 5.32 Å². The molecule has 4 unspecified atom stereocenters. The minimum atomic E-state index is 0.262. The predicted octanol–water partition coefficient (Wildman–Crippen LogP) is 3.66. The smallest absolute Gasteiger partial charge is 0.0136 e. The van der Waals surface area contributed by atoms with Crippen LogP contribution in [0, 0.1) is 11.8 Å². The Balaban J connectivity index is 1.80. The summed E-state index contributed by atoms with van der Waals surface area (Å²) in [6.45, 7) is 10.4. The Bertz CT molecular complexity index is 281. The van der Waals surface area contributed by atoms with Gasteiger partial charge in [-0.2, -0.15) is 0 Å². The van der Waals surface area contributed by atoms with Crippen LogP contribution in [0.15, 0.2) is 0 Å². The number of hydrogen-bond donors (Lipinski definition) is 1. The van der Waals surface area contributed by atoms with Crippen molar-refractivity contribution in [2.75, 3.05) is 13.6 Å². The normalized spacial score (nSPS) is 36.3. The monoisotopic (exact) mass is 266 g/mol. The maximum Gasteiger partial charge on any atom is 0.0136 e. The standard InChI is InChI=1S/C17H34N2/c1-13-7-6-8-15(11-13)19(5)16-10-9-14(16)12-18-17(2,3)4/h13-16,18H,6-12H2,1-5H3. The zero-order valence-electron chi connectivity index (χ0n) is 13.7. The summed E-state index contributed by atoms with van der Waals surface area (Å²) in [6, 6.07) is 1.69. The Morgan fingerprint density at radius 3 is 2.37 bits per heavy atom. The topological polar surface area (TPSA) is 15.3 Å². The van der Waals surface area contributed by atoms with E-state index in [-0.39, 0.29) is 5.54 Å². The molecule has 2 heteroatoms.